The summed E-state index contributed by atoms with van der Waals surface area (Å²) in [7, 11) is 0. The Morgan fingerprint density at radius 3 is 2.76 bits per heavy atom. The van der Waals surface area contributed by atoms with Gasteiger partial charge in [0.05, 0.1) is 17.7 Å². The molecule has 106 valence electrons. The predicted octanol–water partition coefficient (Wildman–Crippen LogP) is 3.11. The number of carbonyl (C=O) groups is 1. The van der Waals surface area contributed by atoms with Crippen LogP contribution in [0.25, 0.3) is 0 Å². The number of hydrogen-bond acceptors (Lipinski definition) is 5. The second-order valence-electron chi connectivity index (χ2n) is 4.18. The molecule has 0 bridgehead atoms. The number of esters is 1. The number of ether oxygens (including phenoxy) is 2. The summed E-state index contributed by atoms with van der Waals surface area (Å²) in [6, 6.07) is 13.6. The van der Waals surface area contributed by atoms with Crippen molar-refractivity contribution < 1.29 is 14.3 Å². The smallest absolute Gasteiger partial charge is 0.340 e. The van der Waals surface area contributed by atoms with Gasteiger partial charge in [0.2, 0.25) is 0 Å². The molecule has 0 spiro atoms. The fourth-order valence-corrected chi connectivity index (χ4v) is 1.76. The van der Waals surface area contributed by atoms with Gasteiger partial charge in [0.1, 0.15) is 17.6 Å². The third-order valence-corrected chi connectivity index (χ3v) is 2.76. The van der Waals surface area contributed by atoms with Crippen LogP contribution in [0.1, 0.15) is 22.8 Å². The summed E-state index contributed by atoms with van der Waals surface area (Å²) in [5.41, 5.74) is 6.72. The van der Waals surface area contributed by atoms with E-state index in [-0.39, 0.29) is 12.2 Å². The molecule has 2 N–H and O–H groups in total. The van der Waals surface area contributed by atoms with Crippen LogP contribution in [-0.4, -0.2) is 12.6 Å². The SMILES string of the molecule is CCOC(=O)c1cc(Oc2ccccc2C#N)ccc1N. The van der Waals surface area contributed by atoms with E-state index < -0.39 is 5.97 Å². The lowest BCUT2D eigenvalue weighted by Gasteiger charge is -2.10. The molecule has 0 radical (unpaired) electrons. The largest absolute Gasteiger partial charge is 0.462 e. The molecule has 0 saturated heterocycles. The summed E-state index contributed by atoms with van der Waals surface area (Å²) in [5.74, 6) is 0.323. The van der Waals surface area contributed by atoms with E-state index in [2.05, 4.69) is 0 Å². The number of para-hydroxylation sites is 1. The number of hydrogen-bond donors (Lipinski definition) is 1. The maximum atomic E-state index is 11.8. The molecule has 2 aromatic rings. The Labute approximate surface area is 122 Å². The lowest BCUT2D eigenvalue weighted by Crippen LogP contribution is -2.08. The second-order valence-corrected chi connectivity index (χ2v) is 4.18. The third kappa shape index (κ3) is 3.31. The van der Waals surface area contributed by atoms with Gasteiger partial charge in [-0.25, -0.2) is 4.79 Å². The number of nitrogen functional groups attached to an aromatic ring is 1. The number of carbonyl (C=O) groups excluding carboxylic acids is 1. The molecule has 5 heteroatoms. The van der Waals surface area contributed by atoms with Crippen molar-refractivity contribution in [3.05, 3.63) is 53.6 Å². The molecule has 0 amide bonds. The first-order valence-electron chi connectivity index (χ1n) is 6.39. The van der Waals surface area contributed by atoms with Gasteiger partial charge in [0.25, 0.3) is 0 Å². The molecule has 2 rings (SSSR count). The third-order valence-electron chi connectivity index (χ3n) is 2.76. The van der Waals surface area contributed by atoms with Crippen LogP contribution in [0.4, 0.5) is 5.69 Å². The summed E-state index contributed by atoms with van der Waals surface area (Å²) >= 11 is 0. The highest BCUT2D eigenvalue weighted by Gasteiger charge is 2.13. The Morgan fingerprint density at radius 2 is 2.05 bits per heavy atom. The van der Waals surface area contributed by atoms with Crippen molar-refractivity contribution in [3.8, 4) is 17.6 Å². The summed E-state index contributed by atoms with van der Waals surface area (Å²) < 4.78 is 10.6. The van der Waals surface area contributed by atoms with Gasteiger partial charge in [-0.05, 0) is 37.3 Å². The van der Waals surface area contributed by atoms with Crippen LogP contribution in [0.2, 0.25) is 0 Å². The molecule has 0 aliphatic carbocycles. The number of nitrogens with two attached hydrogens (primary N) is 1. The highest BCUT2D eigenvalue weighted by atomic mass is 16.5. The Bertz CT molecular complexity index is 705. The Hall–Kier alpha value is -3.00. The van der Waals surface area contributed by atoms with Gasteiger partial charge in [-0.1, -0.05) is 12.1 Å². The first kappa shape index (κ1) is 14.4. The molecule has 0 unspecified atom stereocenters. The molecule has 0 aliphatic heterocycles. The van der Waals surface area contributed by atoms with Crippen LogP contribution < -0.4 is 10.5 Å². The fraction of sp³-hybridized carbons (Fsp3) is 0.125. The molecule has 0 fully saturated rings. The maximum absolute atomic E-state index is 11.8. The van der Waals surface area contributed by atoms with Crippen molar-refractivity contribution in [2.24, 2.45) is 0 Å². The normalized spacial score (nSPS) is 9.71. The van der Waals surface area contributed by atoms with Crippen molar-refractivity contribution in [2.45, 2.75) is 6.92 Å². The number of benzene rings is 2. The van der Waals surface area contributed by atoms with E-state index in [1.165, 1.54) is 6.07 Å². The summed E-state index contributed by atoms with van der Waals surface area (Å²) in [5, 5.41) is 9.03. The molecule has 2 aromatic carbocycles. The van der Waals surface area contributed by atoms with Gasteiger partial charge in [-0.15, -0.1) is 0 Å². The molecule has 5 nitrogen and oxygen atoms in total. The molecule has 0 heterocycles. The summed E-state index contributed by atoms with van der Waals surface area (Å²) in [4.78, 5) is 11.8. The van der Waals surface area contributed by atoms with Crippen LogP contribution in [0.3, 0.4) is 0 Å². The number of nitrogens with zero attached hydrogens (tertiary/aromatic N) is 1. The van der Waals surface area contributed by atoms with Gasteiger partial charge >= 0.3 is 5.97 Å². The minimum atomic E-state index is -0.506. The predicted molar refractivity (Wildman–Crippen MR) is 78.0 cm³/mol. The average molecular weight is 282 g/mol. The Morgan fingerprint density at radius 1 is 1.29 bits per heavy atom. The summed E-state index contributed by atoms with van der Waals surface area (Å²) in [6.07, 6.45) is 0. The van der Waals surface area contributed by atoms with E-state index >= 15 is 0 Å². The van der Waals surface area contributed by atoms with Crippen molar-refractivity contribution in [1.29, 1.82) is 5.26 Å². The number of rotatable bonds is 4. The molecule has 21 heavy (non-hydrogen) atoms. The number of nitriles is 1. The van der Waals surface area contributed by atoms with Crippen molar-refractivity contribution >= 4 is 11.7 Å². The zero-order chi connectivity index (χ0) is 15.2. The van der Waals surface area contributed by atoms with Crippen LogP contribution in [0.15, 0.2) is 42.5 Å². The molecular formula is C16H14N2O3. The first-order chi connectivity index (χ1) is 10.2. The number of anilines is 1. The minimum absolute atomic E-state index is 0.240. The van der Waals surface area contributed by atoms with Crippen LogP contribution in [0.5, 0.6) is 11.5 Å². The van der Waals surface area contributed by atoms with E-state index in [1.807, 2.05) is 6.07 Å². The van der Waals surface area contributed by atoms with E-state index in [1.54, 1.807) is 43.3 Å². The zero-order valence-corrected chi connectivity index (χ0v) is 11.5. The van der Waals surface area contributed by atoms with Gasteiger partial charge in [-0.3, -0.25) is 0 Å². The molecule has 0 aliphatic rings. The standard InChI is InChI=1S/C16H14N2O3/c1-2-20-16(19)13-9-12(7-8-14(13)18)21-15-6-4-3-5-11(15)10-17/h3-9H,2,18H2,1H3. The molecular weight excluding hydrogens is 268 g/mol. The minimum Gasteiger partial charge on any atom is -0.462 e. The van der Waals surface area contributed by atoms with E-state index in [0.717, 1.165) is 0 Å². The lowest BCUT2D eigenvalue weighted by atomic mass is 10.1. The van der Waals surface area contributed by atoms with Crippen LogP contribution in [-0.2, 0) is 4.74 Å². The summed E-state index contributed by atoms with van der Waals surface area (Å²) in [6.45, 7) is 1.98. The average Bonchev–Trinajstić information content (AvgIpc) is 2.50. The molecule has 0 saturated carbocycles. The van der Waals surface area contributed by atoms with Crippen molar-refractivity contribution in [3.63, 3.8) is 0 Å². The van der Waals surface area contributed by atoms with Gasteiger partial charge < -0.3 is 15.2 Å². The van der Waals surface area contributed by atoms with Crippen LogP contribution in [0, 0.1) is 11.3 Å². The maximum Gasteiger partial charge on any atom is 0.340 e. The first-order valence-corrected chi connectivity index (χ1v) is 6.39. The second kappa shape index (κ2) is 6.44. The Balaban J connectivity index is 2.31. The van der Waals surface area contributed by atoms with Crippen molar-refractivity contribution in [1.82, 2.24) is 0 Å². The van der Waals surface area contributed by atoms with Gasteiger partial charge in [0, 0.05) is 5.69 Å². The van der Waals surface area contributed by atoms with Gasteiger partial charge in [0.15, 0.2) is 0 Å². The van der Waals surface area contributed by atoms with E-state index in [4.69, 9.17) is 20.5 Å². The highest BCUT2D eigenvalue weighted by molar-refractivity contribution is 5.95. The quantitative estimate of drug-likeness (QED) is 0.688. The Kier molecular flexibility index (Phi) is 4.42. The van der Waals surface area contributed by atoms with E-state index in [9.17, 15) is 4.79 Å². The van der Waals surface area contributed by atoms with E-state index in [0.29, 0.717) is 22.7 Å². The van der Waals surface area contributed by atoms with Crippen molar-refractivity contribution in [2.75, 3.05) is 12.3 Å². The topological polar surface area (TPSA) is 85.3 Å². The lowest BCUT2D eigenvalue weighted by molar-refractivity contribution is 0.0527. The van der Waals surface area contributed by atoms with Gasteiger partial charge in [-0.2, -0.15) is 5.26 Å². The fourth-order valence-electron chi connectivity index (χ4n) is 1.76. The van der Waals surface area contributed by atoms with Crippen LogP contribution >= 0.6 is 0 Å². The zero-order valence-electron chi connectivity index (χ0n) is 11.5. The monoisotopic (exact) mass is 282 g/mol. The molecule has 0 aromatic heterocycles. The highest BCUT2D eigenvalue weighted by Crippen LogP contribution is 2.27. The molecule has 0 atom stereocenters.